The number of hydrogen-bond acceptors (Lipinski definition) is 2. The Bertz CT molecular complexity index is 250. The molecule has 13 heavy (non-hydrogen) atoms. The predicted octanol–water partition coefficient (Wildman–Crippen LogP) is 1.93. The lowest BCUT2D eigenvalue weighted by atomic mass is 10.3. The molecule has 0 unspecified atom stereocenters. The summed E-state index contributed by atoms with van der Waals surface area (Å²) >= 11 is 0. The van der Waals surface area contributed by atoms with Gasteiger partial charge in [0, 0.05) is 18.3 Å². The van der Waals surface area contributed by atoms with Gasteiger partial charge in [-0.2, -0.15) is 0 Å². The zero-order valence-electron chi connectivity index (χ0n) is 7.75. The number of methoxy groups -OCH3 is 1. The third kappa shape index (κ3) is 3.34. The highest BCUT2D eigenvalue weighted by Gasteiger charge is 1.93. The molecule has 0 fully saturated rings. The Kier molecular flexibility index (Phi) is 4.12. The topological polar surface area (TPSA) is 41.2 Å². The van der Waals surface area contributed by atoms with Crippen LogP contribution in [-0.2, 0) is 5.11 Å². The van der Waals surface area contributed by atoms with Crippen molar-refractivity contribution in [1.82, 2.24) is 0 Å². The highest BCUT2D eigenvalue weighted by Crippen LogP contribution is 2.16. The zero-order valence-corrected chi connectivity index (χ0v) is 7.75. The van der Waals surface area contributed by atoms with Crippen molar-refractivity contribution >= 4 is 5.69 Å². The van der Waals surface area contributed by atoms with E-state index in [0.29, 0.717) is 6.42 Å². The molecule has 0 atom stereocenters. The van der Waals surface area contributed by atoms with Crippen molar-refractivity contribution in [3.8, 4) is 5.75 Å². The van der Waals surface area contributed by atoms with Crippen LogP contribution in [0.2, 0.25) is 0 Å². The fourth-order valence-electron chi connectivity index (χ4n) is 1.04. The van der Waals surface area contributed by atoms with Gasteiger partial charge >= 0.3 is 0 Å². The Balaban J connectivity index is 2.46. The Morgan fingerprint density at radius 3 is 3.00 bits per heavy atom. The lowest BCUT2D eigenvalue weighted by Gasteiger charge is -2.06. The lowest BCUT2D eigenvalue weighted by Crippen LogP contribution is -2.02. The number of hydrogen-bond donors (Lipinski definition) is 1. The van der Waals surface area contributed by atoms with E-state index in [-0.39, 0.29) is 6.61 Å². The average molecular weight is 180 g/mol. The molecule has 1 aromatic carbocycles. The second kappa shape index (κ2) is 5.43. The van der Waals surface area contributed by atoms with Gasteiger partial charge < -0.3 is 10.1 Å². The first-order valence-corrected chi connectivity index (χ1v) is 4.33. The third-order valence-electron chi connectivity index (χ3n) is 1.72. The van der Waals surface area contributed by atoms with Crippen molar-refractivity contribution in [2.45, 2.75) is 6.42 Å². The summed E-state index contributed by atoms with van der Waals surface area (Å²) in [5.74, 6) is 0.826. The largest absolute Gasteiger partial charge is 0.497 e. The predicted molar refractivity (Wildman–Crippen MR) is 51.7 cm³/mol. The van der Waals surface area contributed by atoms with E-state index in [4.69, 9.17) is 4.74 Å². The van der Waals surface area contributed by atoms with Gasteiger partial charge in [-0.1, -0.05) is 6.07 Å². The molecule has 0 saturated carbocycles. The number of anilines is 1. The van der Waals surface area contributed by atoms with Crippen LogP contribution < -0.4 is 10.1 Å². The van der Waals surface area contributed by atoms with Gasteiger partial charge in [0.05, 0.1) is 13.7 Å². The van der Waals surface area contributed by atoms with E-state index in [0.717, 1.165) is 18.0 Å². The van der Waals surface area contributed by atoms with E-state index >= 15 is 0 Å². The second-order valence-electron chi connectivity index (χ2n) is 2.72. The van der Waals surface area contributed by atoms with Gasteiger partial charge in [0.1, 0.15) is 5.75 Å². The van der Waals surface area contributed by atoms with Crippen LogP contribution in [0.1, 0.15) is 6.42 Å². The minimum absolute atomic E-state index is 0.0308. The molecule has 0 spiro atoms. The van der Waals surface area contributed by atoms with Crippen molar-refractivity contribution in [1.29, 1.82) is 0 Å². The van der Waals surface area contributed by atoms with Gasteiger partial charge in [0.2, 0.25) is 0 Å². The monoisotopic (exact) mass is 180 g/mol. The minimum Gasteiger partial charge on any atom is -0.497 e. The van der Waals surface area contributed by atoms with Crippen molar-refractivity contribution in [2.75, 3.05) is 25.6 Å². The van der Waals surface area contributed by atoms with Crippen LogP contribution in [0.5, 0.6) is 5.75 Å². The van der Waals surface area contributed by atoms with Crippen molar-refractivity contribution in [3.63, 3.8) is 0 Å². The molecule has 0 aromatic heterocycles. The molecule has 71 valence electrons. The molecule has 1 N–H and O–H groups in total. The van der Waals surface area contributed by atoms with Crippen LogP contribution in [0.15, 0.2) is 24.3 Å². The SMILES string of the molecule is COc1cccc(NCCC[O])c1. The van der Waals surface area contributed by atoms with E-state index in [1.807, 2.05) is 24.3 Å². The third-order valence-corrected chi connectivity index (χ3v) is 1.72. The molecule has 1 aromatic rings. The summed E-state index contributed by atoms with van der Waals surface area (Å²) in [4.78, 5) is 0. The lowest BCUT2D eigenvalue weighted by molar-refractivity contribution is 0.192. The quantitative estimate of drug-likeness (QED) is 0.703. The van der Waals surface area contributed by atoms with Crippen LogP contribution in [0.4, 0.5) is 5.69 Å². The average Bonchev–Trinajstić information content (AvgIpc) is 2.19. The van der Waals surface area contributed by atoms with E-state index in [9.17, 15) is 5.11 Å². The number of ether oxygens (including phenoxy) is 1. The van der Waals surface area contributed by atoms with E-state index in [1.54, 1.807) is 7.11 Å². The van der Waals surface area contributed by atoms with Crippen molar-refractivity contribution in [3.05, 3.63) is 24.3 Å². The summed E-state index contributed by atoms with van der Waals surface area (Å²) in [6.07, 6.45) is 0.650. The van der Waals surface area contributed by atoms with Crippen molar-refractivity contribution in [2.24, 2.45) is 0 Å². The van der Waals surface area contributed by atoms with E-state index in [1.165, 1.54) is 0 Å². The Hall–Kier alpha value is -1.22. The maximum absolute atomic E-state index is 10.2. The summed E-state index contributed by atoms with van der Waals surface area (Å²) in [6, 6.07) is 7.66. The second-order valence-corrected chi connectivity index (χ2v) is 2.72. The molecule has 1 radical (unpaired) electrons. The molecule has 0 amide bonds. The van der Waals surface area contributed by atoms with Crippen LogP contribution in [-0.4, -0.2) is 20.3 Å². The normalized spacial score (nSPS) is 9.69. The molecule has 3 heteroatoms. The van der Waals surface area contributed by atoms with Gasteiger partial charge in [-0.25, -0.2) is 5.11 Å². The highest BCUT2D eigenvalue weighted by molar-refractivity contribution is 5.47. The summed E-state index contributed by atoms with van der Waals surface area (Å²) in [7, 11) is 1.64. The summed E-state index contributed by atoms with van der Waals surface area (Å²) in [5, 5.41) is 13.3. The molecule has 0 aliphatic carbocycles. The Labute approximate surface area is 78.3 Å². The van der Waals surface area contributed by atoms with Crippen molar-refractivity contribution < 1.29 is 9.84 Å². The maximum atomic E-state index is 10.2. The standard InChI is InChI=1S/C10H14NO2/c1-13-10-5-2-4-9(8-10)11-6-3-7-12/h2,4-5,8,11H,3,6-7H2,1H3. The molecule has 0 bridgehead atoms. The number of benzene rings is 1. The van der Waals surface area contributed by atoms with Gasteiger partial charge in [0.15, 0.2) is 0 Å². The minimum atomic E-state index is -0.0308. The van der Waals surface area contributed by atoms with Gasteiger partial charge in [-0.15, -0.1) is 0 Å². The molecule has 0 heterocycles. The van der Waals surface area contributed by atoms with E-state index in [2.05, 4.69) is 5.32 Å². The summed E-state index contributed by atoms with van der Waals surface area (Å²) < 4.78 is 5.06. The maximum Gasteiger partial charge on any atom is 0.120 e. The molecular weight excluding hydrogens is 166 g/mol. The molecule has 0 saturated heterocycles. The summed E-state index contributed by atoms with van der Waals surface area (Å²) in [6.45, 7) is 0.688. The number of nitrogens with one attached hydrogen (secondary N) is 1. The van der Waals surface area contributed by atoms with Crippen LogP contribution in [0.3, 0.4) is 0 Å². The fourth-order valence-corrected chi connectivity index (χ4v) is 1.04. The first-order valence-electron chi connectivity index (χ1n) is 4.33. The van der Waals surface area contributed by atoms with E-state index < -0.39 is 0 Å². The highest BCUT2D eigenvalue weighted by atomic mass is 16.5. The van der Waals surface area contributed by atoms with Crippen LogP contribution >= 0.6 is 0 Å². The van der Waals surface area contributed by atoms with Gasteiger partial charge in [0.25, 0.3) is 0 Å². The smallest absolute Gasteiger partial charge is 0.120 e. The molecular formula is C10H14NO2. The van der Waals surface area contributed by atoms with Crippen LogP contribution in [0, 0.1) is 0 Å². The number of rotatable bonds is 5. The van der Waals surface area contributed by atoms with Crippen LogP contribution in [0.25, 0.3) is 0 Å². The zero-order chi connectivity index (χ0) is 9.52. The molecule has 3 nitrogen and oxygen atoms in total. The van der Waals surface area contributed by atoms with Gasteiger partial charge in [-0.3, -0.25) is 0 Å². The fraction of sp³-hybridized carbons (Fsp3) is 0.400. The molecule has 0 aliphatic rings. The summed E-state index contributed by atoms with van der Waals surface area (Å²) in [5.41, 5.74) is 0.993. The van der Waals surface area contributed by atoms with Gasteiger partial charge in [-0.05, 0) is 18.6 Å². The first-order chi connectivity index (χ1) is 6.36. The molecule has 0 aliphatic heterocycles. The Morgan fingerprint density at radius 2 is 2.31 bits per heavy atom. The first kappa shape index (κ1) is 9.86. The molecule has 1 rings (SSSR count). The Morgan fingerprint density at radius 1 is 1.46 bits per heavy atom.